The molecule has 12 nitrogen and oxygen atoms in total. The number of β-lactam (4-membered cyclic amide) rings is 1. The highest BCUT2D eigenvalue weighted by Crippen LogP contribution is 2.41. The van der Waals surface area contributed by atoms with E-state index in [4.69, 9.17) is 5.26 Å². The molecule has 2 unspecified atom stereocenters. The molecule has 15 heteroatoms. The summed E-state index contributed by atoms with van der Waals surface area (Å²) >= 11 is 3.70. The third-order valence-corrected chi connectivity index (χ3v) is 8.01. The molecule has 0 saturated carbocycles. The number of nitriles is 1. The van der Waals surface area contributed by atoms with Crippen molar-refractivity contribution in [2.24, 2.45) is 0 Å². The topological polar surface area (TPSA) is 174 Å². The Labute approximate surface area is 193 Å². The van der Waals surface area contributed by atoms with E-state index in [1.807, 2.05) is 6.07 Å². The Kier molecular flexibility index (Phi) is 6.46. The third-order valence-electron chi connectivity index (χ3n) is 4.70. The summed E-state index contributed by atoms with van der Waals surface area (Å²) in [6.45, 7) is -0.0414. The lowest BCUT2D eigenvalue weighted by Crippen LogP contribution is -2.70. The molecular formula is C17H15N7O5S3. The second-order valence-corrected chi connectivity index (χ2v) is 9.66. The van der Waals surface area contributed by atoms with Gasteiger partial charge >= 0.3 is 5.97 Å². The summed E-state index contributed by atoms with van der Waals surface area (Å²) in [6.07, 6.45) is -1.40. The molecule has 2 aromatic rings. The molecule has 166 valence electrons. The van der Waals surface area contributed by atoms with Gasteiger partial charge in [0.25, 0.3) is 11.8 Å². The number of hydrogen-bond donors (Lipinski definition) is 3. The molecule has 1 fully saturated rings. The van der Waals surface area contributed by atoms with E-state index in [1.165, 1.54) is 39.5 Å². The lowest BCUT2D eigenvalue weighted by atomic mass is 10.0. The van der Waals surface area contributed by atoms with E-state index >= 15 is 0 Å². The van der Waals surface area contributed by atoms with Crippen LogP contribution < -0.4 is 5.32 Å². The second-order valence-electron chi connectivity index (χ2n) is 6.64. The van der Waals surface area contributed by atoms with Crippen molar-refractivity contribution in [3.05, 3.63) is 33.7 Å². The number of carbonyl (C=O) groups is 3. The zero-order valence-corrected chi connectivity index (χ0v) is 18.6. The molecule has 32 heavy (non-hydrogen) atoms. The molecule has 4 heterocycles. The summed E-state index contributed by atoms with van der Waals surface area (Å²) in [5.74, 6) is -1.98. The van der Waals surface area contributed by atoms with Crippen molar-refractivity contribution in [3.8, 4) is 6.07 Å². The van der Waals surface area contributed by atoms with Crippen LogP contribution in [0.25, 0.3) is 0 Å². The lowest BCUT2D eigenvalue weighted by molar-refractivity contribution is -0.151. The number of nitrogens with zero attached hydrogens (tertiary/aromatic N) is 6. The average Bonchev–Trinajstić information content (AvgIpc) is 3.47. The van der Waals surface area contributed by atoms with Crippen LogP contribution in [0.2, 0.25) is 0 Å². The Balaban J connectivity index is 1.46. The number of aliphatic hydroxyl groups is 1. The maximum atomic E-state index is 12.7. The number of aliphatic hydroxyl groups excluding tert-OH is 1. The van der Waals surface area contributed by atoms with Crippen molar-refractivity contribution in [2.75, 3.05) is 11.5 Å². The predicted molar refractivity (Wildman–Crippen MR) is 113 cm³/mol. The first-order valence-electron chi connectivity index (χ1n) is 9.10. The summed E-state index contributed by atoms with van der Waals surface area (Å²) in [5.41, 5.74) is 0.377. The number of nitrogens with one attached hydrogen (secondary N) is 1. The fourth-order valence-electron chi connectivity index (χ4n) is 3.22. The number of tetrazole rings is 1. The highest BCUT2D eigenvalue weighted by atomic mass is 32.2. The van der Waals surface area contributed by atoms with Crippen LogP contribution in [0, 0.1) is 11.3 Å². The number of aromatic nitrogens is 4. The van der Waals surface area contributed by atoms with Crippen LogP contribution in [-0.2, 0) is 20.9 Å². The van der Waals surface area contributed by atoms with Gasteiger partial charge in [-0.25, -0.2) is 9.48 Å². The van der Waals surface area contributed by atoms with Crippen LogP contribution in [0.1, 0.15) is 11.0 Å². The van der Waals surface area contributed by atoms with Gasteiger partial charge in [0.1, 0.15) is 23.7 Å². The van der Waals surface area contributed by atoms with Crippen LogP contribution >= 0.6 is 34.9 Å². The molecule has 2 aromatic heterocycles. The highest BCUT2D eigenvalue weighted by Gasteiger charge is 2.54. The van der Waals surface area contributed by atoms with Gasteiger partial charge in [-0.3, -0.25) is 14.5 Å². The van der Waals surface area contributed by atoms with Crippen molar-refractivity contribution >= 4 is 52.6 Å². The first kappa shape index (κ1) is 22.3. The van der Waals surface area contributed by atoms with Crippen molar-refractivity contribution in [1.29, 1.82) is 5.26 Å². The van der Waals surface area contributed by atoms with Gasteiger partial charge < -0.3 is 15.5 Å². The minimum absolute atomic E-state index is 0.0414. The molecule has 3 atom stereocenters. The zero-order chi connectivity index (χ0) is 22.8. The van der Waals surface area contributed by atoms with Gasteiger partial charge in [-0.1, -0.05) is 17.8 Å². The van der Waals surface area contributed by atoms with Gasteiger partial charge in [-0.2, -0.15) is 5.26 Å². The van der Waals surface area contributed by atoms with Gasteiger partial charge in [0.05, 0.1) is 6.07 Å². The molecule has 2 amide bonds. The number of aliphatic carboxylic acids is 1. The standard InChI is InChI=1S/C17H15N7O5S3/c18-3-4-23-17(20-21-22-23)32-7-8-6-31-15-10(14(27)24(15)11(8)16(28)29)19-13(26)12(25)9-2-1-5-30-9/h1-2,5,10,12,15,25H,4,6-7H2,(H,19,26)(H,28,29)/t10?,12?,15-/m1/s1. The smallest absolute Gasteiger partial charge is 0.352 e. The SMILES string of the molecule is N#CCn1nnnc1SCC1=C(C(=O)O)N2C(=O)C(NC(=O)C(O)c3cccs3)[C@H]2SC1. The van der Waals surface area contributed by atoms with Gasteiger partial charge in [0.2, 0.25) is 5.16 Å². The molecule has 0 radical (unpaired) electrons. The quantitative estimate of drug-likeness (QED) is 0.329. The molecular weight excluding hydrogens is 478 g/mol. The number of rotatable bonds is 8. The Hall–Kier alpha value is -2.93. The van der Waals surface area contributed by atoms with E-state index in [0.717, 1.165) is 4.90 Å². The predicted octanol–water partition coefficient (Wildman–Crippen LogP) is -0.178. The molecule has 0 spiro atoms. The molecule has 3 N–H and O–H groups in total. The molecule has 1 saturated heterocycles. The van der Waals surface area contributed by atoms with Gasteiger partial charge in [-0.05, 0) is 27.4 Å². The summed E-state index contributed by atoms with van der Waals surface area (Å²) in [6, 6.07) is 4.32. The number of carboxylic acid groups (broad SMARTS) is 1. The van der Waals surface area contributed by atoms with Crippen LogP contribution in [0.4, 0.5) is 0 Å². The van der Waals surface area contributed by atoms with Crippen LogP contribution in [0.15, 0.2) is 33.9 Å². The Morgan fingerprint density at radius 1 is 1.47 bits per heavy atom. The monoisotopic (exact) mass is 493 g/mol. The summed E-state index contributed by atoms with van der Waals surface area (Å²) in [5, 5.41) is 43.8. The lowest BCUT2D eigenvalue weighted by Gasteiger charge is -2.49. The van der Waals surface area contributed by atoms with Crippen molar-refractivity contribution < 1.29 is 24.6 Å². The summed E-state index contributed by atoms with van der Waals surface area (Å²) < 4.78 is 1.30. The minimum atomic E-state index is -1.40. The van der Waals surface area contributed by atoms with Gasteiger partial charge in [-0.15, -0.1) is 28.2 Å². The fourth-order valence-corrected chi connectivity index (χ4v) is 6.29. The number of fused-ring (bicyclic) bond motifs is 1. The normalized spacial score (nSPS) is 20.9. The first-order chi connectivity index (χ1) is 15.4. The van der Waals surface area contributed by atoms with E-state index in [2.05, 4.69) is 20.8 Å². The Morgan fingerprint density at radius 2 is 2.28 bits per heavy atom. The summed E-state index contributed by atoms with van der Waals surface area (Å²) in [7, 11) is 0. The Morgan fingerprint density at radius 3 is 2.97 bits per heavy atom. The van der Waals surface area contributed by atoms with E-state index in [1.54, 1.807) is 17.5 Å². The maximum Gasteiger partial charge on any atom is 0.352 e. The molecule has 0 aromatic carbocycles. The Bertz CT molecular complexity index is 1130. The van der Waals surface area contributed by atoms with E-state index in [9.17, 15) is 24.6 Å². The van der Waals surface area contributed by atoms with Gasteiger partial charge in [0.15, 0.2) is 6.10 Å². The van der Waals surface area contributed by atoms with Crippen LogP contribution in [0.3, 0.4) is 0 Å². The third kappa shape index (κ3) is 4.09. The van der Waals surface area contributed by atoms with E-state index in [-0.39, 0.29) is 18.0 Å². The van der Waals surface area contributed by atoms with Crippen molar-refractivity contribution in [1.82, 2.24) is 30.4 Å². The number of thioether (sulfide) groups is 2. The summed E-state index contributed by atoms with van der Waals surface area (Å²) in [4.78, 5) is 38.6. The molecule has 4 rings (SSSR count). The molecule has 0 bridgehead atoms. The highest BCUT2D eigenvalue weighted by molar-refractivity contribution is 8.01. The minimum Gasteiger partial charge on any atom is -0.477 e. The van der Waals surface area contributed by atoms with E-state index < -0.39 is 35.3 Å². The second kappa shape index (κ2) is 9.28. The molecule has 2 aliphatic heterocycles. The fraction of sp³-hybridized carbons (Fsp3) is 0.353. The average molecular weight is 494 g/mol. The zero-order valence-electron chi connectivity index (χ0n) is 16.1. The number of hydrogen-bond acceptors (Lipinski definition) is 11. The molecule has 2 aliphatic rings. The van der Waals surface area contributed by atoms with Crippen LogP contribution in [-0.4, -0.2) is 76.0 Å². The maximum absolute atomic E-state index is 12.7. The van der Waals surface area contributed by atoms with Crippen molar-refractivity contribution in [2.45, 2.75) is 29.2 Å². The first-order valence-corrected chi connectivity index (χ1v) is 12.0. The van der Waals surface area contributed by atoms with Crippen molar-refractivity contribution in [3.63, 3.8) is 0 Å². The number of thiophene rings is 1. The molecule has 0 aliphatic carbocycles. The number of amides is 2. The van der Waals surface area contributed by atoms with E-state index in [0.29, 0.717) is 21.4 Å². The largest absolute Gasteiger partial charge is 0.477 e. The van der Waals surface area contributed by atoms with Crippen LogP contribution in [0.5, 0.6) is 0 Å². The van der Waals surface area contributed by atoms with Gasteiger partial charge in [0, 0.05) is 16.4 Å². The number of carboxylic acids is 1. The number of carbonyl (C=O) groups excluding carboxylic acids is 2.